The zero-order chi connectivity index (χ0) is 21.2. The average molecular weight is 417 g/mol. The van der Waals surface area contributed by atoms with Gasteiger partial charge in [0.15, 0.2) is 5.96 Å². The maximum atomic E-state index is 6.16. The van der Waals surface area contributed by atoms with E-state index in [-0.39, 0.29) is 0 Å². The number of para-hydroxylation sites is 1. The van der Waals surface area contributed by atoms with Crippen molar-refractivity contribution in [1.82, 2.24) is 15.5 Å². The topological polar surface area (TPSA) is 58.1 Å². The number of guanidine groups is 1. The number of hydrogen-bond acceptors (Lipinski definition) is 4. The maximum absolute atomic E-state index is 6.16. The van der Waals surface area contributed by atoms with Gasteiger partial charge in [-0.15, -0.1) is 0 Å². The number of nitrogens with one attached hydrogen (secondary N) is 2. The zero-order valence-corrected chi connectivity index (χ0v) is 19.0. The number of piperidine rings is 1. The number of hydrogen-bond donors (Lipinski definition) is 2. The van der Waals surface area contributed by atoms with Crippen molar-refractivity contribution in [2.24, 2.45) is 4.99 Å². The molecule has 0 aromatic heterocycles. The minimum Gasteiger partial charge on any atom is -0.490 e. The van der Waals surface area contributed by atoms with Crippen molar-refractivity contribution in [1.29, 1.82) is 0 Å². The summed E-state index contributed by atoms with van der Waals surface area (Å²) in [5.74, 6) is 1.89. The standard InChI is InChI=1S/C24H40N4O2/c1-4-25-24(27-21-12-14-28(15-13-21)16-17-29-19(2)3)26-18-20-8-5-6-11-23(20)30-22-9-7-10-22/h5-6,8,11,19,21-22H,4,7,9-10,12-18H2,1-3H3,(H2,25,26,27). The summed E-state index contributed by atoms with van der Waals surface area (Å²) in [6.07, 6.45) is 6.59. The molecule has 1 heterocycles. The van der Waals surface area contributed by atoms with E-state index in [1.807, 2.05) is 6.07 Å². The molecule has 30 heavy (non-hydrogen) atoms. The highest BCUT2D eigenvalue weighted by atomic mass is 16.5. The molecule has 0 amide bonds. The van der Waals surface area contributed by atoms with E-state index in [2.05, 4.69) is 54.5 Å². The molecule has 2 aliphatic rings. The summed E-state index contributed by atoms with van der Waals surface area (Å²) in [6, 6.07) is 8.77. The van der Waals surface area contributed by atoms with Crippen LogP contribution in [0.3, 0.4) is 0 Å². The number of rotatable bonds is 10. The summed E-state index contributed by atoms with van der Waals surface area (Å²) in [6.45, 7) is 11.8. The molecule has 6 heteroatoms. The lowest BCUT2D eigenvalue weighted by molar-refractivity contribution is 0.0532. The molecule has 3 rings (SSSR count). The van der Waals surface area contributed by atoms with Gasteiger partial charge in [-0.05, 0) is 58.9 Å². The molecule has 1 aliphatic heterocycles. The lowest BCUT2D eigenvalue weighted by Crippen LogP contribution is -2.49. The summed E-state index contributed by atoms with van der Waals surface area (Å²) in [5, 5.41) is 7.05. The van der Waals surface area contributed by atoms with Crippen LogP contribution in [0.15, 0.2) is 29.3 Å². The molecule has 1 saturated heterocycles. The van der Waals surface area contributed by atoms with Crippen LogP contribution >= 0.6 is 0 Å². The Morgan fingerprint density at radius 3 is 2.60 bits per heavy atom. The fraction of sp³-hybridized carbons (Fsp3) is 0.708. The largest absolute Gasteiger partial charge is 0.490 e. The van der Waals surface area contributed by atoms with Gasteiger partial charge >= 0.3 is 0 Å². The van der Waals surface area contributed by atoms with E-state index < -0.39 is 0 Å². The summed E-state index contributed by atoms with van der Waals surface area (Å²) in [7, 11) is 0. The third-order valence-electron chi connectivity index (χ3n) is 5.86. The van der Waals surface area contributed by atoms with Crippen molar-refractivity contribution in [3.05, 3.63) is 29.8 Å². The van der Waals surface area contributed by atoms with E-state index in [4.69, 9.17) is 14.5 Å². The molecular weight excluding hydrogens is 376 g/mol. The van der Waals surface area contributed by atoms with E-state index in [1.54, 1.807) is 0 Å². The lowest BCUT2D eigenvalue weighted by Gasteiger charge is -2.33. The number of nitrogens with zero attached hydrogens (tertiary/aromatic N) is 2. The van der Waals surface area contributed by atoms with Gasteiger partial charge in [0, 0.05) is 37.8 Å². The van der Waals surface area contributed by atoms with Gasteiger partial charge in [0.05, 0.1) is 25.4 Å². The minimum absolute atomic E-state index is 0.312. The van der Waals surface area contributed by atoms with E-state index >= 15 is 0 Å². The third kappa shape index (κ3) is 7.47. The monoisotopic (exact) mass is 416 g/mol. The third-order valence-corrected chi connectivity index (χ3v) is 5.86. The van der Waals surface area contributed by atoms with Gasteiger partial charge < -0.3 is 25.0 Å². The molecule has 2 fully saturated rings. The van der Waals surface area contributed by atoms with E-state index in [9.17, 15) is 0 Å². The van der Waals surface area contributed by atoms with E-state index in [0.717, 1.165) is 62.9 Å². The van der Waals surface area contributed by atoms with Crippen LogP contribution in [0.2, 0.25) is 0 Å². The molecule has 0 spiro atoms. The van der Waals surface area contributed by atoms with Crippen molar-refractivity contribution in [3.63, 3.8) is 0 Å². The van der Waals surface area contributed by atoms with Gasteiger partial charge in [0.1, 0.15) is 5.75 Å². The van der Waals surface area contributed by atoms with Crippen LogP contribution < -0.4 is 15.4 Å². The van der Waals surface area contributed by atoms with Crippen LogP contribution in [0.4, 0.5) is 0 Å². The molecule has 0 atom stereocenters. The first kappa shape index (κ1) is 22.9. The summed E-state index contributed by atoms with van der Waals surface area (Å²) in [5.41, 5.74) is 1.15. The van der Waals surface area contributed by atoms with Gasteiger partial charge in [0.25, 0.3) is 0 Å². The number of likely N-dealkylation sites (tertiary alicyclic amines) is 1. The van der Waals surface area contributed by atoms with Crippen molar-refractivity contribution in [2.75, 3.05) is 32.8 Å². The predicted octanol–water partition coefficient (Wildman–Crippen LogP) is 3.56. The van der Waals surface area contributed by atoms with E-state index in [1.165, 1.54) is 19.3 Å². The second-order valence-electron chi connectivity index (χ2n) is 8.65. The molecule has 1 aromatic rings. The smallest absolute Gasteiger partial charge is 0.191 e. The van der Waals surface area contributed by atoms with Crippen LogP contribution in [0.1, 0.15) is 58.4 Å². The SMILES string of the molecule is CCNC(=NCc1ccccc1OC1CCC1)NC1CCN(CCOC(C)C)CC1. The minimum atomic E-state index is 0.312. The van der Waals surface area contributed by atoms with Gasteiger partial charge in [-0.2, -0.15) is 0 Å². The average Bonchev–Trinajstić information content (AvgIpc) is 2.71. The Labute approximate surface area is 182 Å². The molecule has 0 unspecified atom stereocenters. The Hall–Kier alpha value is -1.79. The molecule has 1 aliphatic carbocycles. The van der Waals surface area contributed by atoms with Crippen LogP contribution in [0.5, 0.6) is 5.75 Å². The normalized spacial score (nSPS) is 19.0. The Bertz CT molecular complexity index is 652. The highest BCUT2D eigenvalue weighted by molar-refractivity contribution is 5.80. The molecule has 168 valence electrons. The van der Waals surface area contributed by atoms with Gasteiger partial charge in [-0.3, -0.25) is 0 Å². The molecule has 6 nitrogen and oxygen atoms in total. The van der Waals surface area contributed by atoms with Gasteiger partial charge in [-0.25, -0.2) is 4.99 Å². The zero-order valence-electron chi connectivity index (χ0n) is 19.0. The van der Waals surface area contributed by atoms with Crippen molar-refractivity contribution >= 4 is 5.96 Å². The molecular formula is C24H40N4O2. The quantitative estimate of drug-likeness (QED) is 0.451. The fourth-order valence-electron chi connectivity index (χ4n) is 3.81. The van der Waals surface area contributed by atoms with Crippen molar-refractivity contribution < 1.29 is 9.47 Å². The maximum Gasteiger partial charge on any atom is 0.191 e. The predicted molar refractivity (Wildman–Crippen MR) is 123 cm³/mol. The molecule has 0 radical (unpaired) electrons. The van der Waals surface area contributed by atoms with Crippen LogP contribution in [-0.4, -0.2) is 61.9 Å². The Kier molecular flexibility index (Phi) is 9.27. The van der Waals surface area contributed by atoms with Crippen LogP contribution in [0, 0.1) is 0 Å². The Balaban J connectivity index is 1.48. The van der Waals surface area contributed by atoms with Crippen molar-refractivity contribution in [3.8, 4) is 5.75 Å². The first-order valence-corrected chi connectivity index (χ1v) is 11.8. The molecule has 1 aromatic carbocycles. The van der Waals surface area contributed by atoms with Crippen LogP contribution in [-0.2, 0) is 11.3 Å². The summed E-state index contributed by atoms with van der Waals surface area (Å²) in [4.78, 5) is 7.36. The summed E-state index contributed by atoms with van der Waals surface area (Å²) >= 11 is 0. The highest BCUT2D eigenvalue weighted by Crippen LogP contribution is 2.27. The Morgan fingerprint density at radius 2 is 1.93 bits per heavy atom. The molecule has 2 N–H and O–H groups in total. The second kappa shape index (κ2) is 12.2. The fourth-order valence-corrected chi connectivity index (χ4v) is 3.81. The second-order valence-corrected chi connectivity index (χ2v) is 8.65. The lowest BCUT2D eigenvalue weighted by atomic mass is 9.96. The number of ether oxygens (including phenoxy) is 2. The van der Waals surface area contributed by atoms with Gasteiger partial charge in [0.2, 0.25) is 0 Å². The first-order chi connectivity index (χ1) is 14.6. The number of benzene rings is 1. The van der Waals surface area contributed by atoms with Gasteiger partial charge in [-0.1, -0.05) is 18.2 Å². The molecule has 1 saturated carbocycles. The Morgan fingerprint density at radius 1 is 1.17 bits per heavy atom. The van der Waals surface area contributed by atoms with E-state index in [0.29, 0.717) is 24.8 Å². The molecule has 0 bridgehead atoms. The number of aliphatic imine (C=N–C) groups is 1. The first-order valence-electron chi connectivity index (χ1n) is 11.8. The highest BCUT2D eigenvalue weighted by Gasteiger charge is 2.21. The van der Waals surface area contributed by atoms with Crippen molar-refractivity contribution in [2.45, 2.75) is 77.7 Å². The summed E-state index contributed by atoms with van der Waals surface area (Å²) < 4.78 is 11.8. The van der Waals surface area contributed by atoms with Crippen LogP contribution in [0.25, 0.3) is 0 Å².